The van der Waals surface area contributed by atoms with Crippen molar-refractivity contribution in [1.82, 2.24) is 9.47 Å². The third kappa shape index (κ3) is 2.15. The van der Waals surface area contributed by atoms with E-state index in [9.17, 15) is 9.59 Å². The van der Waals surface area contributed by atoms with Crippen molar-refractivity contribution in [2.24, 2.45) is 0 Å². The fraction of sp³-hybridized carbons (Fsp3) is 0.217. The summed E-state index contributed by atoms with van der Waals surface area (Å²) in [6.45, 7) is 0.419. The summed E-state index contributed by atoms with van der Waals surface area (Å²) < 4.78 is 1.94. The Bertz CT molecular complexity index is 1240. The van der Waals surface area contributed by atoms with E-state index < -0.39 is 0 Å². The molecule has 3 aliphatic rings. The van der Waals surface area contributed by atoms with Gasteiger partial charge in [-0.15, -0.1) is 0 Å². The number of amides is 2. The summed E-state index contributed by atoms with van der Waals surface area (Å²) >= 11 is 3.41. The molecule has 2 aromatic carbocycles. The molecule has 0 aliphatic carbocycles. The van der Waals surface area contributed by atoms with Gasteiger partial charge in [-0.1, -0.05) is 52.3 Å². The maximum atomic E-state index is 13.5. The van der Waals surface area contributed by atoms with Crippen LogP contribution < -0.4 is 4.90 Å². The molecule has 0 radical (unpaired) electrons. The van der Waals surface area contributed by atoms with E-state index in [0.29, 0.717) is 17.9 Å². The zero-order valence-electron chi connectivity index (χ0n) is 15.6. The lowest BCUT2D eigenvalue weighted by atomic mass is 10.00. The number of hydrogen-bond donors (Lipinski definition) is 0. The number of carbonyl (C=O) groups is 2. The van der Waals surface area contributed by atoms with Crippen molar-refractivity contribution >= 4 is 50.0 Å². The third-order valence-corrected chi connectivity index (χ3v) is 6.76. The van der Waals surface area contributed by atoms with Gasteiger partial charge in [0.05, 0.1) is 11.6 Å². The topological polar surface area (TPSA) is 45.6 Å². The van der Waals surface area contributed by atoms with Crippen LogP contribution >= 0.6 is 15.9 Å². The number of alkyl halides is 1. The number of anilines is 1. The summed E-state index contributed by atoms with van der Waals surface area (Å²) in [7, 11) is 0. The number of nitrogens with zero attached hydrogens (tertiary/aromatic N) is 3. The summed E-state index contributed by atoms with van der Waals surface area (Å²) in [6.07, 6.45) is 3.48. The molecule has 1 unspecified atom stereocenters. The van der Waals surface area contributed by atoms with E-state index >= 15 is 0 Å². The smallest absolute Gasteiger partial charge is 0.280 e. The molecular formula is C23H18BrN3O2. The standard InChI is InChI=1S/C23H18BrN3O2/c24-10-4-11-26-22(28)20-21(23(26)29)27-17-8-2-1-5-15(17)13-18(27)16-7-3-6-14-9-12-25(20)19(14)16/h1-3,5-9,12,18H,4,10-11,13H2. The normalized spacial score (nSPS) is 19.7. The van der Waals surface area contributed by atoms with Gasteiger partial charge in [0.25, 0.3) is 11.8 Å². The van der Waals surface area contributed by atoms with Gasteiger partial charge in [0.2, 0.25) is 0 Å². The Morgan fingerprint density at radius 3 is 2.66 bits per heavy atom. The van der Waals surface area contributed by atoms with E-state index in [0.717, 1.165) is 40.3 Å². The molecule has 0 N–H and O–H groups in total. The van der Waals surface area contributed by atoms with E-state index in [2.05, 4.69) is 51.2 Å². The summed E-state index contributed by atoms with van der Waals surface area (Å²) in [5, 5.41) is 1.84. The first-order valence-corrected chi connectivity index (χ1v) is 11.0. The van der Waals surface area contributed by atoms with E-state index in [-0.39, 0.29) is 17.9 Å². The number of imide groups is 1. The average Bonchev–Trinajstić information content (AvgIpc) is 3.36. The Kier molecular flexibility index (Phi) is 3.56. The molecule has 0 saturated heterocycles. The van der Waals surface area contributed by atoms with Crippen molar-refractivity contribution in [3.8, 4) is 0 Å². The summed E-state index contributed by atoms with van der Waals surface area (Å²) in [6, 6.07) is 16.5. The molecule has 2 amide bonds. The lowest BCUT2D eigenvalue weighted by molar-refractivity contribution is -0.137. The molecule has 0 saturated carbocycles. The molecule has 0 bridgehead atoms. The molecule has 1 atom stereocenters. The molecule has 29 heavy (non-hydrogen) atoms. The first-order chi connectivity index (χ1) is 14.2. The van der Waals surface area contributed by atoms with Gasteiger partial charge < -0.3 is 9.47 Å². The second-order valence-electron chi connectivity index (χ2n) is 7.69. The van der Waals surface area contributed by atoms with E-state index in [1.54, 1.807) is 0 Å². The molecule has 3 aromatic rings. The van der Waals surface area contributed by atoms with Crippen LogP contribution in [-0.2, 0) is 16.0 Å². The first-order valence-electron chi connectivity index (χ1n) is 9.84. The van der Waals surface area contributed by atoms with E-state index in [4.69, 9.17) is 0 Å². The van der Waals surface area contributed by atoms with Crippen LogP contribution in [0.4, 0.5) is 5.69 Å². The van der Waals surface area contributed by atoms with Gasteiger partial charge >= 0.3 is 0 Å². The van der Waals surface area contributed by atoms with Crippen LogP contribution in [0.25, 0.3) is 16.6 Å². The Balaban J connectivity index is 1.66. The molecule has 144 valence electrons. The lowest BCUT2D eigenvalue weighted by Crippen LogP contribution is -2.36. The molecule has 6 rings (SSSR count). The van der Waals surface area contributed by atoms with Gasteiger partial charge in [-0.05, 0) is 36.1 Å². The van der Waals surface area contributed by atoms with Crippen molar-refractivity contribution in [3.05, 3.63) is 71.6 Å². The van der Waals surface area contributed by atoms with Crippen molar-refractivity contribution in [1.29, 1.82) is 0 Å². The lowest BCUT2D eigenvalue weighted by Gasteiger charge is -2.28. The molecule has 0 fully saturated rings. The third-order valence-electron chi connectivity index (χ3n) is 6.19. The number of halogens is 1. The zero-order chi connectivity index (χ0) is 19.7. The minimum atomic E-state index is -0.205. The quantitative estimate of drug-likeness (QED) is 0.448. The number of aromatic nitrogens is 1. The minimum Gasteiger partial charge on any atom is -0.327 e. The Labute approximate surface area is 176 Å². The molecule has 1 aromatic heterocycles. The maximum Gasteiger partial charge on any atom is 0.280 e. The fourth-order valence-corrected chi connectivity index (χ4v) is 5.24. The van der Waals surface area contributed by atoms with Crippen molar-refractivity contribution in [3.63, 3.8) is 0 Å². The molecule has 3 aliphatic heterocycles. The maximum absolute atomic E-state index is 13.5. The highest BCUT2D eigenvalue weighted by Crippen LogP contribution is 2.49. The number of carbonyl (C=O) groups excluding carboxylic acids is 2. The van der Waals surface area contributed by atoms with Gasteiger partial charge in [-0.3, -0.25) is 14.5 Å². The first kappa shape index (κ1) is 17.0. The molecule has 0 spiro atoms. The second-order valence-corrected chi connectivity index (χ2v) is 8.48. The predicted molar refractivity (Wildman–Crippen MR) is 116 cm³/mol. The van der Waals surface area contributed by atoms with Crippen LogP contribution in [0.1, 0.15) is 23.6 Å². The highest BCUT2D eigenvalue weighted by Gasteiger charge is 2.48. The van der Waals surface area contributed by atoms with Gasteiger partial charge in [0.15, 0.2) is 0 Å². The van der Waals surface area contributed by atoms with E-state index in [1.807, 2.05) is 29.0 Å². The van der Waals surface area contributed by atoms with Crippen LogP contribution in [0.15, 0.2) is 60.4 Å². The van der Waals surface area contributed by atoms with Crippen LogP contribution in [0.3, 0.4) is 0 Å². The van der Waals surface area contributed by atoms with Crippen LogP contribution in [0.2, 0.25) is 0 Å². The van der Waals surface area contributed by atoms with Crippen molar-refractivity contribution in [2.45, 2.75) is 18.9 Å². The average molecular weight is 448 g/mol. The fourth-order valence-electron chi connectivity index (χ4n) is 4.99. The van der Waals surface area contributed by atoms with Crippen molar-refractivity contribution < 1.29 is 9.59 Å². The Morgan fingerprint density at radius 2 is 1.79 bits per heavy atom. The summed E-state index contributed by atoms with van der Waals surface area (Å²) in [5.74, 6) is -0.398. The summed E-state index contributed by atoms with van der Waals surface area (Å²) in [4.78, 5) is 30.5. The number of hydrogen-bond acceptors (Lipinski definition) is 3. The monoisotopic (exact) mass is 447 g/mol. The summed E-state index contributed by atoms with van der Waals surface area (Å²) in [5.41, 5.74) is 5.41. The van der Waals surface area contributed by atoms with Crippen molar-refractivity contribution in [2.75, 3.05) is 16.8 Å². The minimum absolute atomic E-state index is 0.00475. The van der Waals surface area contributed by atoms with Crippen LogP contribution in [-0.4, -0.2) is 33.2 Å². The zero-order valence-corrected chi connectivity index (χ0v) is 17.2. The number of benzene rings is 2. The number of para-hydroxylation sites is 2. The second kappa shape index (κ2) is 6.07. The molecule has 5 nitrogen and oxygen atoms in total. The number of rotatable bonds is 3. The SMILES string of the molecule is O=C1C2=C(C(=O)N1CCCBr)n1ccc3cccc(c31)C1Cc3ccccc3N21. The van der Waals surface area contributed by atoms with E-state index in [1.165, 1.54) is 10.5 Å². The van der Waals surface area contributed by atoms with Gasteiger partial charge in [0.1, 0.15) is 11.4 Å². The van der Waals surface area contributed by atoms with Gasteiger partial charge in [0, 0.05) is 29.1 Å². The van der Waals surface area contributed by atoms with Gasteiger partial charge in [-0.2, -0.15) is 0 Å². The van der Waals surface area contributed by atoms with Crippen LogP contribution in [0.5, 0.6) is 0 Å². The Hall–Kier alpha value is -2.86. The highest BCUT2D eigenvalue weighted by atomic mass is 79.9. The number of fused-ring (bicyclic) bond motifs is 6. The van der Waals surface area contributed by atoms with Gasteiger partial charge in [-0.25, -0.2) is 0 Å². The highest BCUT2D eigenvalue weighted by molar-refractivity contribution is 9.09. The molecule has 6 heteroatoms. The Morgan fingerprint density at radius 1 is 0.966 bits per heavy atom. The molecule has 4 heterocycles. The molecular weight excluding hydrogens is 430 g/mol. The van der Waals surface area contributed by atoms with Crippen LogP contribution in [0, 0.1) is 0 Å². The largest absolute Gasteiger partial charge is 0.327 e. The predicted octanol–water partition coefficient (Wildman–Crippen LogP) is 4.08.